The number of benzene rings is 1. The first-order valence-electron chi connectivity index (χ1n) is 5.85. The van der Waals surface area contributed by atoms with Crippen LogP contribution in [0.4, 0.5) is 5.69 Å². The standard InChI is InChI=1S/C13H16N2O2S2/c1-9-7-18-13(15-9)19-8-11(16)6-17-12-4-2-10(14)3-5-12/h2-5,7,11,16H,6,8,14H2,1H3. The molecule has 1 unspecified atom stereocenters. The Morgan fingerprint density at radius 3 is 2.79 bits per heavy atom. The highest BCUT2D eigenvalue weighted by Gasteiger charge is 2.08. The number of anilines is 1. The number of ether oxygens (including phenoxy) is 1. The summed E-state index contributed by atoms with van der Waals surface area (Å²) < 4.78 is 6.46. The third kappa shape index (κ3) is 4.74. The second kappa shape index (κ2) is 6.79. The van der Waals surface area contributed by atoms with E-state index in [2.05, 4.69) is 4.98 Å². The van der Waals surface area contributed by atoms with E-state index in [1.165, 1.54) is 0 Å². The molecule has 0 aliphatic rings. The van der Waals surface area contributed by atoms with Gasteiger partial charge in [-0.15, -0.1) is 11.3 Å². The Kier molecular flexibility index (Phi) is 5.07. The molecule has 1 aromatic carbocycles. The van der Waals surface area contributed by atoms with Crippen molar-refractivity contribution < 1.29 is 9.84 Å². The van der Waals surface area contributed by atoms with Gasteiger partial charge in [0.15, 0.2) is 0 Å². The second-order valence-electron chi connectivity index (χ2n) is 4.10. The number of aliphatic hydroxyl groups excluding tert-OH is 1. The second-order valence-corrected chi connectivity index (χ2v) is 6.22. The Labute approximate surface area is 120 Å². The zero-order valence-electron chi connectivity index (χ0n) is 10.6. The number of thiazole rings is 1. The molecule has 0 saturated heterocycles. The highest BCUT2D eigenvalue weighted by atomic mass is 32.2. The van der Waals surface area contributed by atoms with Crippen molar-refractivity contribution in [2.24, 2.45) is 0 Å². The number of hydrogen-bond acceptors (Lipinski definition) is 6. The first-order valence-corrected chi connectivity index (χ1v) is 7.71. The monoisotopic (exact) mass is 296 g/mol. The average Bonchev–Trinajstić information content (AvgIpc) is 2.81. The number of hydrogen-bond donors (Lipinski definition) is 2. The smallest absolute Gasteiger partial charge is 0.150 e. The summed E-state index contributed by atoms with van der Waals surface area (Å²) in [6, 6.07) is 7.13. The summed E-state index contributed by atoms with van der Waals surface area (Å²) in [7, 11) is 0. The van der Waals surface area contributed by atoms with Gasteiger partial charge in [0.1, 0.15) is 16.7 Å². The van der Waals surface area contributed by atoms with Gasteiger partial charge in [0.05, 0.1) is 6.10 Å². The summed E-state index contributed by atoms with van der Waals surface area (Å²) in [5, 5.41) is 11.8. The number of aryl methyl sites for hydroxylation is 1. The third-order valence-electron chi connectivity index (χ3n) is 2.32. The molecule has 0 aliphatic carbocycles. The van der Waals surface area contributed by atoms with Crippen LogP contribution in [0.2, 0.25) is 0 Å². The van der Waals surface area contributed by atoms with E-state index in [4.69, 9.17) is 10.5 Å². The summed E-state index contributed by atoms with van der Waals surface area (Å²) >= 11 is 3.14. The van der Waals surface area contributed by atoms with Crippen molar-refractivity contribution in [3.8, 4) is 5.75 Å². The van der Waals surface area contributed by atoms with Crippen LogP contribution in [0, 0.1) is 6.92 Å². The zero-order chi connectivity index (χ0) is 13.7. The van der Waals surface area contributed by atoms with Crippen molar-refractivity contribution >= 4 is 28.8 Å². The topological polar surface area (TPSA) is 68.4 Å². The molecule has 1 heterocycles. The molecule has 2 rings (SSSR count). The first-order chi connectivity index (χ1) is 9.13. The van der Waals surface area contributed by atoms with E-state index in [0.717, 1.165) is 10.0 Å². The Hall–Kier alpha value is -1.24. The number of nitrogens with zero attached hydrogens (tertiary/aromatic N) is 1. The SMILES string of the molecule is Cc1csc(SCC(O)COc2ccc(N)cc2)n1. The Bertz CT molecular complexity index is 514. The number of nitrogens with two attached hydrogens (primary N) is 1. The summed E-state index contributed by atoms with van der Waals surface area (Å²) in [5.41, 5.74) is 7.29. The van der Waals surface area contributed by atoms with E-state index in [1.54, 1.807) is 47.4 Å². The lowest BCUT2D eigenvalue weighted by atomic mass is 10.3. The normalized spacial score (nSPS) is 12.3. The Morgan fingerprint density at radius 1 is 1.42 bits per heavy atom. The minimum atomic E-state index is -0.522. The van der Waals surface area contributed by atoms with Crippen molar-refractivity contribution in [3.05, 3.63) is 35.3 Å². The van der Waals surface area contributed by atoms with E-state index in [9.17, 15) is 5.11 Å². The van der Waals surface area contributed by atoms with Gasteiger partial charge in [-0.2, -0.15) is 0 Å². The molecule has 0 spiro atoms. The molecule has 19 heavy (non-hydrogen) atoms. The van der Waals surface area contributed by atoms with Gasteiger partial charge in [-0.05, 0) is 31.2 Å². The number of aromatic nitrogens is 1. The molecule has 0 amide bonds. The van der Waals surface area contributed by atoms with Crippen LogP contribution < -0.4 is 10.5 Å². The van der Waals surface area contributed by atoms with Gasteiger partial charge in [0.2, 0.25) is 0 Å². The molecule has 3 N–H and O–H groups in total. The highest BCUT2D eigenvalue weighted by molar-refractivity contribution is 8.01. The van der Waals surface area contributed by atoms with Gasteiger partial charge in [-0.1, -0.05) is 11.8 Å². The highest BCUT2D eigenvalue weighted by Crippen LogP contribution is 2.23. The van der Waals surface area contributed by atoms with E-state index in [-0.39, 0.29) is 6.61 Å². The number of aliphatic hydroxyl groups is 1. The van der Waals surface area contributed by atoms with Crippen molar-refractivity contribution in [1.29, 1.82) is 0 Å². The molecule has 0 fully saturated rings. The third-order valence-corrected chi connectivity index (χ3v) is 4.60. The van der Waals surface area contributed by atoms with E-state index in [0.29, 0.717) is 17.2 Å². The van der Waals surface area contributed by atoms with E-state index < -0.39 is 6.10 Å². The zero-order valence-corrected chi connectivity index (χ0v) is 12.2. The number of nitrogen functional groups attached to an aromatic ring is 1. The summed E-state index contributed by atoms with van der Waals surface area (Å²) in [6.45, 7) is 2.22. The van der Waals surface area contributed by atoms with Gasteiger partial charge in [-0.25, -0.2) is 4.98 Å². The van der Waals surface area contributed by atoms with Crippen LogP contribution in [0.3, 0.4) is 0 Å². The maximum atomic E-state index is 9.84. The lowest BCUT2D eigenvalue weighted by molar-refractivity contribution is 0.126. The first kappa shape index (κ1) is 14.2. The van der Waals surface area contributed by atoms with Crippen molar-refractivity contribution in [3.63, 3.8) is 0 Å². The van der Waals surface area contributed by atoms with Crippen LogP contribution in [0.25, 0.3) is 0 Å². The van der Waals surface area contributed by atoms with Gasteiger partial charge in [0.25, 0.3) is 0 Å². The Balaban J connectivity index is 1.72. The van der Waals surface area contributed by atoms with Crippen LogP contribution in [0.15, 0.2) is 34.0 Å². The van der Waals surface area contributed by atoms with Crippen molar-refractivity contribution in [1.82, 2.24) is 4.98 Å². The van der Waals surface area contributed by atoms with E-state index >= 15 is 0 Å². The van der Waals surface area contributed by atoms with Crippen LogP contribution in [-0.2, 0) is 0 Å². The molecule has 1 aromatic heterocycles. The lowest BCUT2D eigenvalue weighted by Gasteiger charge is -2.11. The van der Waals surface area contributed by atoms with Gasteiger partial charge < -0.3 is 15.6 Å². The molecule has 4 nitrogen and oxygen atoms in total. The lowest BCUT2D eigenvalue weighted by Crippen LogP contribution is -2.20. The predicted octanol–water partition coefficient (Wildman–Crippen LogP) is 2.57. The molecular formula is C13H16N2O2S2. The van der Waals surface area contributed by atoms with Gasteiger partial charge >= 0.3 is 0 Å². The average molecular weight is 296 g/mol. The molecular weight excluding hydrogens is 280 g/mol. The molecule has 0 aliphatic heterocycles. The maximum absolute atomic E-state index is 9.84. The number of thioether (sulfide) groups is 1. The fourth-order valence-electron chi connectivity index (χ4n) is 1.37. The molecule has 0 radical (unpaired) electrons. The fourth-order valence-corrected chi connectivity index (χ4v) is 3.15. The van der Waals surface area contributed by atoms with Gasteiger partial charge in [-0.3, -0.25) is 0 Å². The van der Waals surface area contributed by atoms with Crippen molar-refractivity contribution in [2.45, 2.75) is 17.4 Å². The molecule has 0 saturated carbocycles. The molecule has 102 valence electrons. The van der Waals surface area contributed by atoms with Crippen LogP contribution in [0.5, 0.6) is 5.75 Å². The van der Waals surface area contributed by atoms with Crippen LogP contribution in [-0.4, -0.2) is 28.6 Å². The molecule has 6 heteroatoms. The quantitative estimate of drug-likeness (QED) is 0.633. The van der Waals surface area contributed by atoms with Gasteiger partial charge in [0, 0.05) is 22.5 Å². The molecule has 1 atom stereocenters. The van der Waals surface area contributed by atoms with Crippen molar-refractivity contribution in [2.75, 3.05) is 18.1 Å². The fraction of sp³-hybridized carbons (Fsp3) is 0.308. The molecule has 2 aromatic rings. The van der Waals surface area contributed by atoms with Crippen LogP contribution in [0.1, 0.15) is 5.69 Å². The summed E-state index contributed by atoms with van der Waals surface area (Å²) in [5.74, 6) is 1.28. The number of rotatable bonds is 6. The van der Waals surface area contributed by atoms with E-state index in [1.807, 2.05) is 12.3 Å². The largest absolute Gasteiger partial charge is 0.491 e. The Morgan fingerprint density at radius 2 is 2.16 bits per heavy atom. The maximum Gasteiger partial charge on any atom is 0.150 e. The minimum Gasteiger partial charge on any atom is -0.491 e. The minimum absolute atomic E-state index is 0.265. The summed E-state index contributed by atoms with van der Waals surface area (Å²) in [6.07, 6.45) is -0.522. The van der Waals surface area contributed by atoms with Crippen LogP contribution >= 0.6 is 23.1 Å². The summed E-state index contributed by atoms with van der Waals surface area (Å²) in [4.78, 5) is 4.33. The predicted molar refractivity (Wildman–Crippen MR) is 79.9 cm³/mol. The molecule has 0 bridgehead atoms.